The Balaban J connectivity index is 2.02. The van der Waals surface area contributed by atoms with E-state index >= 15 is 0 Å². The van der Waals surface area contributed by atoms with Gasteiger partial charge in [-0.2, -0.15) is 0 Å². The number of hydrogen-bond donors (Lipinski definition) is 1. The molecule has 3 heteroatoms. The Kier molecular flexibility index (Phi) is 6.16. The zero-order valence-corrected chi connectivity index (χ0v) is 14.4. The molecule has 0 aliphatic heterocycles. The minimum Gasteiger partial charge on any atom is -0.312 e. The molecule has 0 aliphatic carbocycles. The highest BCUT2D eigenvalue weighted by molar-refractivity contribution is 7.99. The van der Waals surface area contributed by atoms with Crippen molar-refractivity contribution in [2.24, 2.45) is 5.92 Å². The van der Waals surface area contributed by atoms with E-state index in [0.717, 1.165) is 23.0 Å². The van der Waals surface area contributed by atoms with Crippen molar-refractivity contribution >= 4 is 23.4 Å². The predicted molar refractivity (Wildman–Crippen MR) is 93.3 cm³/mol. The van der Waals surface area contributed by atoms with Gasteiger partial charge in [0, 0.05) is 16.3 Å². The van der Waals surface area contributed by atoms with Crippen LogP contribution in [0.3, 0.4) is 0 Å². The minimum atomic E-state index is 0.664. The topological polar surface area (TPSA) is 12.0 Å². The van der Waals surface area contributed by atoms with E-state index in [2.05, 4.69) is 68.6 Å². The normalized spacial score (nSPS) is 11.1. The zero-order valence-electron chi connectivity index (χ0n) is 12.8. The van der Waals surface area contributed by atoms with Crippen LogP contribution >= 0.6 is 23.4 Å². The van der Waals surface area contributed by atoms with Crippen LogP contribution < -0.4 is 5.32 Å². The van der Waals surface area contributed by atoms with Crippen molar-refractivity contribution in [1.29, 1.82) is 0 Å². The molecule has 0 heterocycles. The van der Waals surface area contributed by atoms with Gasteiger partial charge in [0.1, 0.15) is 0 Å². The molecule has 1 N–H and O–H groups in total. The predicted octanol–water partition coefficient (Wildman–Crippen LogP) is 5.55. The second-order valence-electron chi connectivity index (χ2n) is 5.71. The lowest BCUT2D eigenvalue weighted by atomic mass is 10.2. The summed E-state index contributed by atoms with van der Waals surface area (Å²) in [6, 6.07) is 14.8. The van der Waals surface area contributed by atoms with Gasteiger partial charge in [0.25, 0.3) is 0 Å². The van der Waals surface area contributed by atoms with Gasteiger partial charge in [-0.3, -0.25) is 0 Å². The van der Waals surface area contributed by atoms with E-state index in [1.54, 1.807) is 11.8 Å². The summed E-state index contributed by atoms with van der Waals surface area (Å²) >= 11 is 8.13. The first-order valence-electron chi connectivity index (χ1n) is 7.28. The van der Waals surface area contributed by atoms with Crippen LogP contribution in [0.1, 0.15) is 25.0 Å². The fraction of sp³-hybridized carbons (Fsp3) is 0.333. The lowest BCUT2D eigenvalue weighted by Gasteiger charge is -2.10. The quantitative estimate of drug-likeness (QED) is 0.749. The molecule has 0 atom stereocenters. The lowest BCUT2D eigenvalue weighted by Crippen LogP contribution is -2.18. The Morgan fingerprint density at radius 2 is 1.95 bits per heavy atom. The van der Waals surface area contributed by atoms with Gasteiger partial charge < -0.3 is 5.32 Å². The fourth-order valence-corrected chi connectivity index (χ4v) is 3.30. The molecule has 0 aliphatic rings. The molecule has 21 heavy (non-hydrogen) atoms. The Morgan fingerprint density at radius 3 is 2.62 bits per heavy atom. The van der Waals surface area contributed by atoms with Crippen LogP contribution in [-0.2, 0) is 6.54 Å². The molecule has 0 radical (unpaired) electrons. The van der Waals surface area contributed by atoms with Crippen LogP contribution in [-0.4, -0.2) is 6.54 Å². The molecule has 0 spiro atoms. The first-order chi connectivity index (χ1) is 10.0. The maximum absolute atomic E-state index is 6.41. The van der Waals surface area contributed by atoms with E-state index in [-0.39, 0.29) is 0 Å². The van der Waals surface area contributed by atoms with Crippen LogP contribution in [0.5, 0.6) is 0 Å². The van der Waals surface area contributed by atoms with Crippen LogP contribution in [0.4, 0.5) is 0 Å². The molecule has 2 rings (SSSR count). The highest BCUT2D eigenvalue weighted by Gasteiger charge is 2.05. The van der Waals surface area contributed by atoms with Gasteiger partial charge >= 0.3 is 0 Å². The summed E-state index contributed by atoms with van der Waals surface area (Å²) in [5, 5.41) is 4.26. The van der Waals surface area contributed by atoms with E-state index in [4.69, 9.17) is 11.6 Å². The van der Waals surface area contributed by atoms with Crippen LogP contribution in [0, 0.1) is 12.8 Å². The average Bonchev–Trinajstić information content (AvgIpc) is 2.41. The largest absolute Gasteiger partial charge is 0.312 e. The third-order valence-electron chi connectivity index (χ3n) is 3.10. The number of benzene rings is 2. The smallest absolute Gasteiger partial charge is 0.0548 e. The number of nitrogens with one attached hydrogen (secondary N) is 1. The molecule has 0 amide bonds. The van der Waals surface area contributed by atoms with Crippen LogP contribution in [0.2, 0.25) is 5.02 Å². The van der Waals surface area contributed by atoms with Crippen molar-refractivity contribution < 1.29 is 0 Å². The average molecular weight is 320 g/mol. The van der Waals surface area contributed by atoms with Crippen molar-refractivity contribution in [2.75, 3.05) is 6.54 Å². The van der Waals surface area contributed by atoms with E-state index in [9.17, 15) is 0 Å². The zero-order chi connectivity index (χ0) is 15.2. The Labute approximate surface area is 137 Å². The van der Waals surface area contributed by atoms with Crippen LogP contribution in [0.25, 0.3) is 0 Å². The molecule has 0 saturated heterocycles. The Hall–Kier alpha value is -0.960. The molecule has 0 saturated carbocycles. The van der Waals surface area contributed by atoms with Crippen LogP contribution in [0.15, 0.2) is 52.3 Å². The molecular weight excluding hydrogens is 298 g/mol. The molecule has 2 aromatic carbocycles. The lowest BCUT2D eigenvalue weighted by molar-refractivity contribution is 0.552. The standard InChI is InChI=1S/C18H22ClNS/c1-13(2)11-20-12-15-7-8-18(17(19)10-15)21-16-6-4-5-14(3)9-16/h4-10,13,20H,11-12H2,1-3H3. The van der Waals surface area contributed by atoms with Gasteiger partial charge in [-0.05, 0) is 49.2 Å². The molecule has 1 nitrogen and oxygen atoms in total. The summed E-state index contributed by atoms with van der Waals surface area (Å²) < 4.78 is 0. The van der Waals surface area contributed by atoms with E-state index in [1.807, 2.05) is 0 Å². The summed E-state index contributed by atoms with van der Waals surface area (Å²) in [4.78, 5) is 2.33. The van der Waals surface area contributed by atoms with Gasteiger partial charge in [-0.25, -0.2) is 0 Å². The van der Waals surface area contributed by atoms with Crippen molar-refractivity contribution in [3.63, 3.8) is 0 Å². The van der Waals surface area contributed by atoms with Crippen molar-refractivity contribution in [2.45, 2.75) is 37.1 Å². The van der Waals surface area contributed by atoms with E-state index in [0.29, 0.717) is 5.92 Å². The minimum absolute atomic E-state index is 0.664. The number of aryl methyl sites for hydroxylation is 1. The maximum atomic E-state index is 6.41. The maximum Gasteiger partial charge on any atom is 0.0548 e. The van der Waals surface area contributed by atoms with Gasteiger partial charge in [-0.1, -0.05) is 61.0 Å². The van der Waals surface area contributed by atoms with Gasteiger partial charge in [0.2, 0.25) is 0 Å². The molecule has 2 aromatic rings. The molecule has 0 unspecified atom stereocenters. The van der Waals surface area contributed by atoms with Gasteiger partial charge in [0.05, 0.1) is 5.02 Å². The van der Waals surface area contributed by atoms with Gasteiger partial charge in [-0.15, -0.1) is 0 Å². The van der Waals surface area contributed by atoms with E-state index in [1.165, 1.54) is 16.0 Å². The first-order valence-corrected chi connectivity index (χ1v) is 8.47. The monoisotopic (exact) mass is 319 g/mol. The highest BCUT2D eigenvalue weighted by atomic mass is 35.5. The third-order valence-corrected chi connectivity index (χ3v) is 4.59. The molecule has 0 bridgehead atoms. The molecular formula is C18H22ClNS. The van der Waals surface area contributed by atoms with Crippen molar-refractivity contribution in [3.05, 3.63) is 58.6 Å². The second kappa shape index (κ2) is 7.88. The van der Waals surface area contributed by atoms with E-state index < -0.39 is 0 Å². The summed E-state index contributed by atoms with van der Waals surface area (Å²) in [6.07, 6.45) is 0. The highest BCUT2D eigenvalue weighted by Crippen LogP contribution is 2.34. The Morgan fingerprint density at radius 1 is 1.14 bits per heavy atom. The Bertz CT molecular complexity index is 596. The fourth-order valence-electron chi connectivity index (χ4n) is 2.05. The molecule has 112 valence electrons. The number of halogens is 1. The summed E-state index contributed by atoms with van der Waals surface area (Å²) in [5.41, 5.74) is 2.50. The molecule has 0 fully saturated rings. The second-order valence-corrected chi connectivity index (χ2v) is 7.23. The SMILES string of the molecule is Cc1cccc(Sc2ccc(CNCC(C)C)cc2Cl)c1. The third kappa shape index (κ3) is 5.39. The summed E-state index contributed by atoms with van der Waals surface area (Å²) in [6.45, 7) is 8.42. The first kappa shape index (κ1) is 16.4. The van der Waals surface area contributed by atoms with Gasteiger partial charge in [0.15, 0.2) is 0 Å². The summed E-state index contributed by atoms with van der Waals surface area (Å²) in [5.74, 6) is 0.664. The number of rotatable bonds is 6. The molecule has 0 aromatic heterocycles. The van der Waals surface area contributed by atoms with Crippen molar-refractivity contribution in [1.82, 2.24) is 5.32 Å². The summed E-state index contributed by atoms with van der Waals surface area (Å²) in [7, 11) is 0. The van der Waals surface area contributed by atoms with Crippen molar-refractivity contribution in [3.8, 4) is 0 Å². The number of hydrogen-bond acceptors (Lipinski definition) is 2.